The number of aryl methyl sites for hydroxylation is 1. The van der Waals surface area contributed by atoms with Gasteiger partial charge in [0.2, 0.25) is 0 Å². The Morgan fingerprint density at radius 3 is 2.78 bits per heavy atom. The third kappa shape index (κ3) is 3.05. The fourth-order valence-electron chi connectivity index (χ4n) is 1.37. The number of hydrogen-bond donors (Lipinski definition) is 2. The summed E-state index contributed by atoms with van der Waals surface area (Å²) in [5.41, 5.74) is 1.09. The van der Waals surface area contributed by atoms with Crippen LogP contribution in [0.25, 0.3) is 0 Å². The van der Waals surface area contributed by atoms with Crippen LogP contribution in [0.4, 0.5) is 5.69 Å². The molecule has 0 aliphatic heterocycles. The number of aromatic amines is 1. The fraction of sp³-hybridized carbons (Fsp3) is 0.182. The zero-order chi connectivity index (χ0) is 13.1. The van der Waals surface area contributed by atoms with Crippen LogP contribution in [-0.4, -0.2) is 14.8 Å². The number of nitrogens with one attached hydrogen (secondary N) is 2. The Balaban J connectivity index is 2.15. The average molecular weight is 327 g/mol. The van der Waals surface area contributed by atoms with E-state index in [2.05, 4.69) is 31.3 Å². The molecule has 18 heavy (non-hydrogen) atoms. The zero-order valence-corrected chi connectivity index (χ0v) is 12.0. The van der Waals surface area contributed by atoms with Gasteiger partial charge >= 0.3 is 0 Å². The third-order valence-electron chi connectivity index (χ3n) is 2.33. The lowest BCUT2D eigenvalue weighted by Gasteiger charge is -2.09. The number of anilines is 1. The number of H-pyrrole nitrogens is 1. The Morgan fingerprint density at radius 2 is 2.11 bits per heavy atom. The van der Waals surface area contributed by atoms with Crippen LogP contribution in [0.3, 0.4) is 0 Å². The minimum absolute atomic E-state index is 0.250. The lowest BCUT2D eigenvalue weighted by Crippen LogP contribution is -2.22. The van der Waals surface area contributed by atoms with Crippen molar-refractivity contribution in [2.24, 2.45) is 0 Å². The Bertz CT molecular complexity index is 662. The zero-order valence-electron chi connectivity index (χ0n) is 9.61. The van der Waals surface area contributed by atoms with Gasteiger partial charge in [-0.15, -0.1) is 0 Å². The van der Waals surface area contributed by atoms with Crippen LogP contribution in [0.1, 0.15) is 5.69 Å². The molecule has 0 atom stereocenters. The lowest BCUT2D eigenvalue weighted by molar-refractivity contribution is 0.602. The van der Waals surface area contributed by atoms with Gasteiger partial charge in [0.1, 0.15) is 12.4 Å². The number of benzene rings is 1. The highest BCUT2D eigenvalue weighted by Gasteiger charge is 1.99. The van der Waals surface area contributed by atoms with Crippen LogP contribution < -0.4 is 10.9 Å². The maximum Gasteiger partial charge on any atom is 0.273 e. The molecule has 0 unspecified atom stereocenters. The van der Waals surface area contributed by atoms with E-state index in [9.17, 15) is 4.79 Å². The first kappa shape index (κ1) is 13.0. The molecule has 2 N–H and O–H groups in total. The first-order chi connectivity index (χ1) is 8.56. The largest absolute Gasteiger partial charge is 0.366 e. The van der Waals surface area contributed by atoms with E-state index < -0.39 is 0 Å². The molecule has 0 saturated carbocycles. The molecule has 94 valence electrons. The first-order valence-electron chi connectivity index (χ1n) is 5.24. The number of halogens is 1. The van der Waals surface area contributed by atoms with Crippen LogP contribution in [-0.2, 0) is 6.67 Å². The number of nitrogens with zero attached hydrogens (tertiary/aromatic N) is 2. The summed E-state index contributed by atoms with van der Waals surface area (Å²) in [6.07, 6.45) is 0. The summed E-state index contributed by atoms with van der Waals surface area (Å²) in [7, 11) is 0. The maximum atomic E-state index is 11.3. The van der Waals surface area contributed by atoms with Gasteiger partial charge in [-0.25, -0.2) is 4.68 Å². The summed E-state index contributed by atoms with van der Waals surface area (Å²) >= 11 is 8.40. The van der Waals surface area contributed by atoms with Crippen molar-refractivity contribution in [2.45, 2.75) is 13.6 Å². The quantitative estimate of drug-likeness (QED) is 0.850. The molecule has 1 aromatic carbocycles. The predicted molar refractivity (Wildman–Crippen MR) is 76.2 cm³/mol. The average Bonchev–Trinajstić information content (AvgIpc) is 2.34. The highest BCUT2D eigenvalue weighted by Crippen LogP contribution is 2.13. The van der Waals surface area contributed by atoms with Gasteiger partial charge in [0.15, 0.2) is 4.77 Å². The molecule has 0 aliphatic rings. The first-order valence-corrected chi connectivity index (χ1v) is 6.44. The van der Waals surface area contributed by atoms with Crippen LogP contribution in [0.5, 0.6) is 0 Å². The highest BCUT2D eigenvalue weighted by molar-refractivity contribution is 9.10. The summed E-state index contributed by atoms with van der Waals surface area (Å²) in [6.45, 7) is 2.04. The van der Waals surface area contributed by atoms with Gasteiger partial charge in [-0.1, -0.05) is 15.9 Å². The maximum absolute atomic E-state index is 11.3. The van der Waals surface area contributed by atoms with Crippen LogP contribution >= 0.6 is 28.1 Å². The highest BCUT2D eigenvalue weighted by atomic mass is 79.9. The monoisotopic (exact) mass is 326 g/mol. The number of rotatable bonds is 3. The molecule has 0 bridgehead atoms. The second kappa shape index (κ2) is 5.45. The standard InChI is InChI=1S/C11H11BrN4OS/c1-7-10(17)14-11(18)16(15-7)6-13-9-4-2-8(12)3-5-9/h2-5,13H,6H2,1H3,(H,14,17,18). The normalized spacial score (nSPS) is 10.3. The molecular formula is C11H11BrN4OS. The van der Waals surface area contributed by atoms with Gasteiger partial charge in [0.05, 0.1) is 0 Å². The molecule has 0 fully saturated rings. The van der Waals surface area contributed by atoms with Crippen molar-refractivity contribution in [3.8, 4) is 0 Å². The molecule has 0 radical (unpaired) electrons. The van der Waals surface area contributed by atoms with Gasteiger partial charge in [0, 0.05) is 10.2 Å². The van der Waals surface area contributed by atoms with Crippen LogP contribution in [0.15, 0.2) is 33.5 Å². The summed E-state index contributed by atoms with van der Waals surface area (Å²) in [5, 5.41) is 7.27. The Morgan fingerprint density at radius 1 is 1.44 bits per heavy atom. The second-order valence-electron chi connectivity index (χ2n) is 3.69. The van der Waals surface area contributed by atoms with E-state index in [0.29, 0.717) is 17.1 Å². The van der Waals surface area contributed by atoms with Crippen molar-refractivity contribution in [1.29, 1.82) is 0 Å². The number of aromatic nitrogens is 3. The SMILES string of the molecule is Cc1nn(CNc2ccc(Br)cc2)c(=S)[nH]c1=O. The van der Waals surface area contributed by atoms with Crippen LogP contribution in [0, 0.1) is 11.7 Å². The molecule has 2 rings (SSSR count). The van der Waals surface area contributed by atoms with Crippen molar-refractivity contribution in [3.05, 3.63) is 49.6 Å². The van der Waals surface area contributed by atoms with E-state index in [-0.39, 0.29) is 5.56 Å². The van der Waals surface area contributed by atoms with E-state index in [4.69, 9.17) is 12.2 Å². The topological polar surface area (TPSA) is 62.7 Å². The molecule has 0 spiro atoms. The molecule has 0 aliphatic carbocycles. The summed E-state index contributed by atoms with van der Waals surface area (Å²) in [5.74, 6) is 0. The summed E-state index contributed by atoms with van der Waals surface area (Å²) < 4.78 is 2.85. The Labute approximate surface area is 117 Å². The fourth-order valence-corrected chi connectivity index (χ4v) is 1.83. The van der Waals surface area contributed by atoms with Gasteiger partial charge in [-0.2, -0.15) is 5.10 Å². The van der Waals surface area contributed by atoms with Crippen LogP contribution in [0.2, 0.25) is 0 Å². The lowest BCUT2D eigenvalue weighted by atomic mass is 10.3. The number of hydrogen-bond acceptors (Lipinski definition) is 4. The van der Waals surface area contributed by atoms with E-state index in [0.717, 1.165) is 10.2 Å². The van der Waals surface area contributed by atoms with Gasteiger partial charge in [0.25, 0.3) is 5.56 Å². The Kier molecular flexibility index (Phi) is 3.93. The van der Waals surface area contributed by atoms with Gasteiger partial charge < -0.3 is 5.32 Å². The van der Waals surface area contributed by atoms with Crippen molar-refractivity contribution >= 4 is 33.8 Å². The molecule has 1 heterocycles. The Hall–Kier alpha value is -1.47. The van der Waals surface area contributed by atoms with Gasteiger partial charge in [-0.05, 0) is 43.4 Å². The van der Waals surface area contributed by atoms with Crippen molar-refractivity contribution < 1.29 is 0 Å². The minimum atomic E-state index is -0.250. The molecule has 1 aromatic heterocycles. The van der Waals surface area contributed by atoms with E-state index in [1.807, 2.05) is 24.3 Å². The smallest absolute Gasteiger partial charge is 0.273 e. The molecule has 5 nitrogen and oxygen atoms in total. The summed E-state index contributed by atoms with van der Waals surface area (Å²) in [4.78, 5) is 13.8. The molecule has 7 heteroatoms. The van der Waals surface area contributed by atoms with E-state index in [1.165, 1.54) is 4.68 Å². The third-order valence-corrected chi connectivity index (χ3v) is 3.17. The molecule has 0 amide bonds. The molecule has 2 aromatic rings. The molecular weight excluding hydrogens is 316 g/mol. The van der Waals surface area contributed by atoms with E-state index >= 15 is 0 Å². The van der Waals surface area contributed by atoms with Crippen molar-refractivity contribution in [3.63, 3.8) is 0 Å². The minimum Gasteiger partial charge on any atom is -0.366 e. The van der Waals surface area contributed by atoms with Gasteiger partial charge in [-0.3, -0.25) is 9.78 Å². The second-order valence-corrected chi connectivity index (χ2v) is 4.99. The molecule has 0 saturated heterocycles. The van der Waals surface area contributed by atoms with Crippen molar-refractivity contribution in [2.75, 3.05) is 5.32 Å². The van der Waals surface area contributed by atoms with Crippen molar-refractivity contribution in [1.82, 2.24) is 14.8 Å². The predicted octanol–water partition coefficient (Wildman–Crippen LogP) is 2.44. The van der Waals surface area contributed by atoms with E-state index in [1.54, 1.807) is 6.92 Å². The summed E-state index contributed by atoms with van der Waals surface area (Å²) in [6, 6.07) is 7.75.